The van der Waals surface area contributed by atoms with E-state index in [1.165, 1.54) is 44.6 Å². The Balaban J connectivity index is 1.25. The van der Waals surface area contributed by atoms with Crippen LogP contribution in [0, 0.1) is 34.5 Å². The lowest BCUT2D eigenvalue weighted by Gasteiger charge is -2.59. The van der Waals surface area contributed by atoms with E-state index in [0.717, 1.165) is 23.3 Å². The number of nitrogens with zero attached hydrogens (tertiary/aromatic N) is 1. The van der Waals surface area contributed by atoms with Crippen molar-refractivity contribution < 1.29 is 14.3 Å². The first-order valence-corrected chi connectivity index (χ1v) is 10.6. The number of esters is 1. The van der Waals surface area contributed by atoms with Crippen molar-refractivity contribution in [3.8, 4) is 6.07 Å². The Bertz CT molecular complexity index is 815. The zero-order chi connectivity index (χ0) is 20.4. The van der Waals surface area contributed by atoms with Gasteiger partial charge in [0.05, 0.1) is 11.6 Å². The van der Waals surface area contributed by atoms with Crippen LogP contribution in [0.25, 0.3) is 6.08 Å². The molecule has 0 saturated heterocycles. The third kappa shape index (κ3) is 4.37. The van der Waals surface area contributed by atoms with Crippen molar-refractivity contribution in [3.05, 3.63) is 41.5 Å². The van der Waals surface area contributed by atoms with Gasteiger partial charge in [0.2, 0.25) is 0 Å². The summed E-state index contributed by atoms with van der Waals surface area (Å²) < 4.78 is 5.10. The highest BCUT2D eigenvalue weighted by molar-refractivity contribution is 5.89. The second kappa shape index (κ2) is 8.02. The van der Waals surface area contributed by atoms with Gasteiger partial charge in [0.1, 0.15) is 0 Å². The summed E-state index contributed by atoms with van der Waals surface area (Å²) in [4.78, 5) is 24.3. The Kier molecular flexibility index (Phi) is 5.45. The Labute approximate surface area is 172 Å². The minimum absolute atomic E-state index is 0.122. The third-order valence-corrected chi connectivity index (χ3v) is 7.18. The molecule has 29 heavy (non-hydrogen) atoms. The summed E-state index contributed by atoms with van der Waals surface area (Å²) in [5.41, 5.74) is 1.60. The van der Waals surface area contributed by atoms with Gasteiger partial charge in [-0.2, -0.15) is 5.26 Å². The van der Waals surface area contributed by atoms with Crippen LogP contribution in [0.1, 0.15) is 56.6 Å². The van der Waals surface area contributed by atoms with E-state index in [2.05, 4.69) is 12.2 Å². The van der Waals surface area contributed by atoms with Crippen molar-refractivity contribution in [1.29, 1.82) is 5.26 Å². The van der Waals surface area contributed by atoms with E-state index in [0.29, 0.717) is 5.56 Å². The molecule has 1 atom stereocenters. The minimum Gasteiger partial charge on any atom is -0.452 e. The normalized spacial score (nSPS) is 30.7. The third-order valence-electron chi connectivity index (χ3n) is 7.18. The van der Waals surface area contributed by atoms with Crippen LogP contribution in [0.15, 0.2) is 30.3 Å². The molecule has 4 saturated carbocycles. The van der Waals surface area contributed by atoms with Crippen LogP contribution in [0.5, 0.6) is 0 Å². The maximum atomic E-state index is 12.4. The first-order valence-electron chi connectivity index (χ1n) is 10.6. The van der Waals surface area contributed by atoms with Crippen LogP contribution in [-0.4, -0.2) is 24.5 Å². The van der Waals surface area contributed by atoms with Crippen molar-refractivity contribution >= 4 is 18.0 Å². The smallest absolute Gasteiger partial charge is 0.331 e. The number of amides is 1. The van der Waals surface area contributed by atoms with E-state index in [-0.39, 0.29) is 24.0 Å². The summed E-state index contributed by atoms with van der Waals surface area (Å²) in [5, 5.41) is 11.9. The second-order valence-corrected chi connectivity index (χ2v) is 9.24. The Morgan fingerprint density at radius 3 is 2.31 bits per heavy atom. The van der Waals surface area contributed by atoms with Crippen LogP contribution in [0.4, 0.5) is 0 Å². The van der Waals surface area contributed by atoms with E-state index in [4.69, 9.17) is 10.00 Å². The van der Waals surface area contributed by atoms with E-state index >= 15 is 0 Å². The fraction of sp³-hybridized carbons (Fsp3) is 0.542. The molecule has 5 nitrogen and oxygen atoms in total. The molecule has 0 spiro atoms. The summed E-state index contributed by atoms with van der Waals surface area (Å²) in [5.74, 6) is 1.74. The molecular weight excluding hydrogens is 364 g/mol. The highest BCUT2D eigenvalue weighted by Gasteiger charge is 2.53. The summed E-state index contributed by atoms with van der Waals surface area (Å²) >= 11 is 0. The molecule has 1 aromatic rings. The highest BCUT2D eigenvalue weighted by Crippen LogP contribution is 2.61. The number of nitriles is 1. The maximum Gasteiger partial charge on any atom is 0.331 e. The first kappa shape index (κ1) is 19.7. The first-order chi connectivity index (χ1) is 14.0. The summed E-state index contributed by atoms with van der Waals surface area (Å²) in [6.07, 6.45) is 10.7. The maximum absolute atomic E-state index is 12.4. The predicted molar refractivity (Wildman–Crippen MR) is 109 cm³/mol. The average molecular weight is 392 g/mol. The molecule has 4 aliphatic rings. The van der Waals surface area contributed by atoms with Crippen molar-refractivity contribution in [2.24, 2.45) is 23.2 Å². The van der Waals surface area contributed by atoms with Crippen molar-refractivity contribution in [2.45, 2.75) is 51.5 Å². The van der Waals surface area contributed by atoms with Gasteiger partial charge in [-0.05, 0) is 92.4 Å². The van der Waals surface area contributed by atoms with Gasteiger partial charge in [0.15, 0.2) is 6.61 Å². The number of carbonyl (C=O) groups excluding carboxylic acids is 2. The number of benzene rings is 1. The Hall–Kier alpha value is -2.61. The molecule has 1 N–H and O–H groups in total. The fourth-order valence-corrected chi connectivity index (χ4v) is 6.16. The lowest BCUT2D eigenvalue weighted by atomic mass is 9.48. The number of carbonyl (C=O) groups is 2. The molecule has 5 rings (SSSR count). The molecule has 1 aromatic carbocycles. The molecule has 4 fully saturated rings. The van der Waals surface area contributed by atoms with Crippen LogP contribution in [0.2, 0.25) is 0 Å². The van der Waals surface area contributed by atoms with E-state index < -0.39 is 5.97 Å². The SMILES string of the molecule is C[C@@H](NC(=O)COC(=O)/C=C/c1ccc(C#N)cc1)C12CC3CC(CC(C3)C1)C2. The van der Waals surface area contributed by atoms with Crippen molar-refractivity contribution in [2.75, 3.05) is 6.61 Å². The van der Waals surface area contributed by atoms with Crippen molar-refractivity contribution in [1.82, 2.24) is 5.32 Å². The lowest BCUT2D eigenvalue weighted by Crippen LogP contribution is -2.56. The molecule has 0 unspecified atom stereocenters. The van der Waals surface area contributed by atoms with Gasteiger partial charge in [0.25, 0.3) is 5.91 Å². The number of nitrogens with one attached hydrogen (secondary N) is 1. The van der Waals surface area contributed by atoms with Gasteiger partial charge in [-0.1, -0.05) is 12.1 Å². The summed E-state index contributed by atoms with van der Waals surface area (Å²) in [7, 11) is 0. The Morgan fingerprint density at radius 1 is 1.17 bits per heavy atom. The van der Waals surface area contributed by atoms with Gasteiger partial charge in [0, 0.05) is 12.1 Å². The van der Waals surface area contributed by atoms with Crippen LogP contribution >= 0.6 is 0 Å². The monoisotopic (exact) mass is 392 g/mol. The quantitative estimate of drug-likeness (QED) is 0.589. The van der Waals surface area contributed by atoms with Crippen molar-refractivity contribution in [3.63, 3.8) is 0 Å². The minimum atomic E-state index is -0.549. The molecule has 0 aromatic heterocycles. The zero-order valence-corrected chi connectivity index (χ0v) is 16.9. The van der Waals surface area contributed by atoms with Gasteiger partial charge in [-0.15, -0.1) is 0 Å². The van der Waals surface area contributed by atoms with Gasteiger partial charge < -0.3 is 10.1 Å². The molecule has 4 bridgehead atoms. The predicted octanol–water partition coefficient (Wildman–Crippen LogP) is 3.84. The standard InChI is InChI=1S/C24H28N2O3/c1-16(24-11-19-8-20(12-24)10-21(9-19)13-24)26-22(27)15-29-23(28)7-6-17-2-4-18(14-25)5-3-17/h2-7,16,19-21H,8-13,15H2,1H3,(H,26,27)/b7-6+/t16-,19?,20?,21?,24?/m1/s1. The summed E-state index contributed by atoms with van der Waals surface area (Å²) in [6.45, 7) is 1.87. The molecule has 152 valence electrons. The van der Waals surface area contributed by atoms with Crippen LogP contribution in [0.3, 0.4) is 0 Å². The average Bonchev–Trinajstić information content (AvgIpc) is 2.70. The molecule has 4 aliphatic carbocycles. The molecular formula is C24H28N2O3. The van der Waals surface area contributed by atoms with E-state index in [1.807, 2.05) is 6.07 Å². The lowest BCUT2D eigenvalue weighted by molar-refractivity contribution is -0.145. The number of ether oxygens (including phenoxy) is 1. The number of rotatable bonds is 6. The van der Waals surface area contributed by atoms with Gasteiger partial charge in [-0.3, -0.25) is 4.79 Å². The summed E-state index contributed by atoms with van der Waals surface area (Å²) in [6, 6.07) is 9.04. The van der Waals surface area contributed by atoms with E-state index in [1.54, 1.807) is 30.3 Å². The Morgan fingerprint density at radius 2 is 1.76 bits per heavy atom. The highest BCUT2D eigenvalue weighted by atomic mass is 16.5. The number of hydrogen-bond acceptors (Lipinski definition) is 4. The fourth-order valence-electron chi connectivity index (χ4n) is 6.16. The zero-order valence-electron chi connectivity index (χ0n) is 16.9. The molecule has 0 aliphatic heterocycles. The molecule has 0 heterocycles. The molecule has 1 amide bonds. The topological polar surface area (TPSA) is 79.2 Å². The molecule has 5 heteroatoms. The number of hydrogen-bond donors (Lipinski definition) is 1. The van der Waals surface area contributed by atoms with Crippen LogP contribution in [-0.2, 0) is 14.3 Å². The molecule has 0 radical (unpaired) electrons. The van der Waals surface area contributed by atoms with E-state index in [9.17, 15) is 9.59 Å². The van der Waals surface area contributed by atoms with Gasteiger partial charge in [-0.25, -0.2) is 4.79 Å². The largest absolute Gasteiger partial charge is 0.452 e. The van der Waals surface area contributed by atoms with Crippen LogP contribution < -0.4 is 5.32 Å². The second-order valence-electron chi connectivity index (χ2n) is 9.24. The van der Waals surface area contributed by atoms with Gasteiger partial charge >= 0.3 is 5.97 Å².